The average molecular weight is 210 g/mol. The molecule has 78 valence electrons. The number of aldehydes is 1. The number of hydrogen-bond donors (Lipinski definition) is 0. The SMILES string of the molecule is O=CC1C=CC2=CN=Cc3ccccc3N21. The van der Waals surface area contributed by atoms with Crippen molar-refractivity contribution in [3.8, 4) is 0 Å². The second kappa shape index (κ2) is 3.45. The summed E-state index contributed by atoms with van der Waals surface area (Å²) in [5.41, 5.74) is 3.01. The fourth-order valence-electron chi connectivity index (χ4n) is 2.06. The minimum Gasteiger partial charge on any atom is -0.326 e. The first-order valence-electron chi connectivity index (χ1n) is 5.15. The highest BCUT2D eigenvalue weighted by Gasteiger charge is 2.26. The molecule has 3 heteroatoms. The predicted molar refractivity (Wildman–Crippen MR) is 63.6 cm³/mol. The summed E-state index contributed by atoms with van der Waals surface area (Å²) in [4.78, 5) is 17.2. The average Bonchev–Trinajstić information content (AvgIpc) is 2.64. The van der Waals surface area contributed by atoms with Crippen LogP contribution in [-0.4, -0.2) is 18.5 Å². The highest BCUT2D eigenvalue weighted by atomic mass is 16.1. The lowest BCUT2D eigenvalue weighted by molar-refractivity contribution is -0.108. The number of benzene rings is 1. The molecular formula is C13H10N2O. The van der Waals surface area contributed by atoms with Crippen molar-refractivity contribution in [1.82, 2.24) is 0 Å². The summed E-state index contributed by atoms with van der Waals surface area (Å²) in [7, 11) is 0. The summed E-state index contributed by atoms with van der Waals surface area (Å²) in [6.07, 6.45) is 8.35. The zero-order chi connectivity index (χ0) is 11.0. The third-order valence-corrected chi connectivity index (χ3v) is 2.80. The Hall–Kier alpha value is -2.16. The highest BCUT2D eigenvalue weighted by molar-refractivity contribution is 5.92. The van der Waals surface area contributed by atoms with E-state index >= 15 is 0 Å². The quantitative estimate of drug-likeness (QED) is 0.663. The fourth-order valence-corrected chi connectivity index (χ4v) is 2.06. The lowest BCUT2D eigenvalue weighted by Crippen LogP contribution is -2.30. The maximum atomic E-state index is 11.0. The first kappa shape index (κ1) is 9.09. The van der Waals surface area contributed by atoms with Gasteiger partial charge in [0.2, 0.25) is 0 Å². The van der Waals surface area contributed by atoms with E-state index in [4.69, 9.17) is 0 Å². The molecule has 0 amide bonds. The molecule has 1 aromatic carbocycles. The molecule has 1 unspecified atom stereocenters. The Balaban J connectivity index is 2.18. The van der Waals surface area contributed by atoms with Crippen LogP contribution in [0.25, 0.3) is 0 Å². The lowest BCUT2D eigenvalue weighted by atomic mass is 10.1. The van der Waals surface area contributed by atoms with Gasteiger partial charge >= 0.3 is 0 Å². The third-order valence-electron chi connectivity index (χ3n) is 2.80. The number of hydrogen-bond acceptors (Lipinski definition) is 3. The topological polar surface area (TPSA) is 32.7 Å². The van der Waals surface area contributed by atoms with Crippen molar-refractivity contribution in [1.29, 1.82) is 0 Å². The van der Waals surface area contributed by atoms with Crippen molar-refractivity contribution in [2.75, 3.05) is 4.90 Å². The van der Waals surface area contributed by atoms with Crippen LogP contribution >= 0.6 is 0 Å². The minimum absolute atomic E-state index is 0.214. The van der Waals surface area contributed by atoms with Gasteiger partial charge in [0.25, 0.3) is 0 Å². The van der Waals surface area contributed by atoms with E-state index in [2.05, 4.69) is 4.99 Å². The van der Waals surface area contributed by atoms with Crippen LogP contribution in [-0.2, 0) is 4.79 Å². The van der Waals surface area contributed by atoms with Crippen molar-refractivity contribution in [3.05, 3.63) is 53.9 Å². The Morgan fingerprint density at radius 1 is 1.31 bits per heavy atom. The van der Waals surface area contributed by atoms with Crippen LogP contribution in [0, 0.1) is 0 Å². The number of anilines is 1. The van der Waals surface area contributed by atoms with Crippen molar-refractivity contribution in [2.45, 2.75) is 6.04 Å². The van der Waals surface area contributed by atoms with Gasteiger partial charge in [-0.2, -0.15) is 0 Å². The normalized spacial score (nSPS) is 21.1. The Morgan fingerprint density at radius 2 is 2.19 bits per heavy atom. The van der Waals surface area contributed by atoms with Gasteiger partial charge in [0.05, 0.1) is 17.6 Å². The zero-order valence-electron chi connectivity index (χ0n) is 8.58. The molecule has 2 aliphatic rings. The zero-order valence-corrected chi connectivity index (χ0v) is 8.58. The molecule has 16 heavy (non-hydrogen) atoms. The number of fused-ring (bicyclic) bond motifs is 3. The molecule has 1 aromatic rings. The third kappa shape index (κ3) is 1.21. The maximum absolute atomic E-state index is 11.0. The number of para-hydroxylation sites is 1. The smallest absolute Gasteiger partial charge is 0.146 e. The lowest BCUT2D eigenvalue weighted by Gasteiger charge is -2.24. The molecule has 0 fully saturated rings. The molecule has 0 N–H and O–H groups in total. The van der Waals surface area contributed by atoms with Crippen molar-refractivity contribution >= 4 is 18.2 Å². The highest BCUT2D eigenvalue weighted by Crippen LogP contribution is 2.31. The van der Waals surface area contributed by atoms with Crippen LogP contribution in [0.4, 0.5) is 5.69 Å². The molecular weight excluding hydrogens is 200 g/mol. The Bertz CT molecular complexity index is 528. The number of aliphatic imine (C=N–C) groups is 1. The minimum atomic E-state index is -0.214. The van der Waals surface area contributed by atoms with Crippen molar-refractivity contribution in [3.63, 3.8) is 0 Å². The molecule has 0 aliphatic carbocycles. The predicted octanol–water partition coefficient (Wildman–Crippen LogP) is 1.90. The summed E-state index contributed by atoms with van der Waals surface area (Å²) in [6.45, 7) is 0. The summed E-state index contributed by atoms with van der Waals surface area (Å²) in [5.74, 6) is 0. The van der Waals surface area contributed by atoms with Crippen LogP contribution in [0.5, 0.6) is 0 Å². The van der Waals surface area contributed by atoms with E-state index < -0.39 is 0 Å². The van der Waals surface area contributed by atoms with E-state index in [0.29, 0.717) is 0 Å². The van der Waals surface area contributed by atoms with Crippen molar-refractivity contribution in [2.24, 2.45) is 4.99 Å². The van der Waals surface area contributed by atoms with Crippen molar-refractivity contribution < 1.29 is 4.79 Å². The second-order valence-corrected chi connectivity index (χ2v) is 3.75. The van der Waals surface area contributed by atoms with Crippen LogP contribution in [0.1, 0.15) is 5.56 Å². The fraction of sp³-hybridized carbons (Fsp3) is 0.0769. The van der Waals surface area contributed by atoms with Gasteiger partial charge in [-0.1, -0.05) is 24.3 Å². The van der Waals surface area contributed by atoms with E-state index in [9.17, 15) is 4.79 Å². The number of rotatable bonds is 1. The first-order chi connectivity index (χ1) is 7.90. The summed E-state index contributed by atoms with van der Waals surface area (Å²) < 4.78 is 0. The Morgan fingerprint density at radius 3 is 3.06 bits per heavy atom. The summed E-state index contributed by atoms with van der Waals surface area (Å²) >= 11 is 0. The molecule has 0 bridgehead atoms. The van der Waals surface area contributed by atoms with E-state index in [1.54, 1.807) is 6.20 Å². The number of allylic oxidation sites excluding steroid dienone is 1. The first-order valence-corrected chi connectivity index (χ1v) is 5.15. The molecule has 3 nitrogen and oxygen atoms in total. The number of carbonyl (C=O) groups is 1. The van der Waals surface area contributed by atoms with Gasteiger partial charge in [-0.3, -0.25) is 4.99 Å². The standard InChI is InChI=1S/C13H10N2O/c16-9-12-6-5-11-8-14-7-10-3-1-2-4-13(10)15(11)12/h1-9,12H. The van der Waals surface area contributed by atoms with Gasteiger partial charge in [0.15, 0.2) is 0 Å². The van der Waals surface area contributed by atoms with E-state index in [0.717, 1.165) is 23.2 Å². The van der Waals surface area contributed by atoms with E-state index in [1.165, 1.54) is 0 Å². The molecule has 2 heterocycles. The van der Waals surface area contributed by atoms with Crippen LogP contribution in [0.15, 0.2) is 53.3 Å². The van der Waals surface area contributed by atoms with Crippen LogP contribution in [0.3, 0.4) is 0 Å². The van der Waals surface area contributed by atoms with Gasteiger partial charge in [-0.15, -0.1) is 0 Å². The van der Waals surface area contributed by atoms with E-state index in [1.807, 2.05) is 47.5 Å². The number of carbonyl (C=O) groups excluding carboxylic acids is 1. The molecule has 0 aromatic heterocycles. The van der Waals surface area contributed by atoms with Gasteiger partial charge < -0.3 is 9.69 Å². The summed E-state index contributed by atoms with van der Waals surface area (Å²) in [5, 5.41) is 0. The van der Waals surface area contributed by atoms with Gasteiger partial charge in [-0.05, 0) is 12.1 Å². The molecule has 0 saturated carbocycles. The van der Waals surface area contributed by atoms with Gasteiger partial charge in [-0.25, -0.2) is 0 Å². The van der Waals surface area contributed by atoms with Gasteiger partial charge in [0.1, 0.15) is 12.3 Å². The van der Waals surface area contributed by atoms with Crippen LogP contribution in [0.2, 0.25) is 0 Å². The second-order valence-electron chi connectivity index (χ2n) is 3.75. The number of nitrogens with zero attached hydrogens (tertiary/aromatic N) is 2. The maximum Gasteiger partial charge on any atom is 0.146 e. The molecule has 1 atom stereocenters. The summed E-state index contributed by atoms with van der Waals surface area (Å²) in [6, 6.07) is 7.72. The van der Waals surface area contributed by atoms with Gasteiger partial charge in [0, 0.05) is 11.8 Å². The van der Waals surface area contributed by atoms with E-state index in [-0.39, 0.29) is 6.04 Å². The molecule has 0 saturated heterocycles. The largest absolute Gasteiger partial charge is 0.326 e. The molecule has 2 aliphatic heterocycles. The molecule has 0 spiro atoms. The Labute approximate surface area is 93.4 Å². The Kier molecular flexibility index (Phi) is 1.96. The molecule has 0 radical (unpaired) electrons. The molecule has 3 rings (SSSR count). The van der Waals surface area contributed by atoms with Crippen LogP contribution < -0.4 is 4.90 Å². The monoisotopic (exact) mass is 210 g/mol.